The van der Waals surface area contributed by atoms with E-state index in [2.05, 4.69) is 26.6 Å². The van der Waals surface area contributed by atoms with E-state index in [4.69, 9.17) is 0 Å². The van der Waals surface area contributed by atoms with Gasteiger partial charge in [-0.05, 0) is 44.0 Å². The van der Waals surface area contributed by atoms with E-state index in [1.807, 2.05) is 25.1 Å². The van der Waals surface area contributed by atoms with Crippen LogP contribution in [0.3, 0.4) is 0 Å². The highest BCUT2D eigenvalue weighted by Crippen LogP contribution is 2.17. The lowest BCUT2D eigenvalue weighted by Crippen LogP contribution is -2.45. The van der Waals surface area contributed by atoms with Crippen LogP contribution in [0.4, 0.5) is 0 Å². The summed E-state index contributed by atoms with van der Waals surface area (Å²) in [6.45, 7) is 3.94. The summed E-state index contributed by atoms with van der Waals surface area (Å²) in [6, 6.07) is 5.96. The summed E-state index contributed by atoms with van der Waals surface area (Å²) in [5, 5.41) is 6.35. The SMILES string of the molecule is Cc1ccc(C(=O)N[C@@H]2CCCNC2)cc1Br.Cl. The van der Waals surface area contributed by atoms with Gasteiger partial charge in [-0.15, -0.1) is 12.4 Å². The fraction of sp³-hybridized carbons (Fsp3) is 0.462. The molecule has 2 rings (SSSR count). The minimum atomic E-state index is 0. The Hall–Kier alpha value is -0.580. The monoisotopic (exact) mass is 332 g/mol. The number of hydrogen-bond donors (Lipinski definition) is 2. The molecule has 1 amide bonds. The molecule has 0 bridgehead atoms. The van der Waals surface area contributed by atoms with Gasteiger partial charge in [-0.2, -0.15) is 0 Å². The highest BCUT2D eigenvalue weighted by atomic mass is 79.9. The van der Waals surface area contributed by atoms with Gasteiger partial charge in [-0.3, -0.25) is 4.79 Å². The molecule has 1 aromatic carbocycles. The zero-order valence-corrected chi connectivity index (χ0v) is 12.7. The Morgan fingerprint density at radius 1 is 1.50 bits per heavy atom. The molecule has 1 fully saturated rings. The molecule has 1 saturated heterocycles. The van der Waals surface area contributed by atoms with Gasteiger partial charge < -0.3 is 10.6 Å². The highest BCUT2D eigenvalue weighted by molar-refractivity contribution is 9.10. The number of carbonyl (C=O) groups is 1. The number of hydrogen-bond acceptors (Lipinski definition) is 2. The molecule has 1 aromatic rings. The first-order valence-electron chi connectivity index (χ1n) is 5.94. The predicted octanol–water partition coefficient (Wildman–Crippen LogP) is 2.66. The van der Waals surface area contributed by atoms with Crippen LogP contribution in [-0.2, 0) is 0 Å². The van der Waals surface area contributed by atoms with Gasteiger partial charge in [0.25, 0.3) is 5.91 Å². The van der Waals surface area contributed by atoms with Gasteiger partial charge in [0.15, 0.2) is 0 Å². The van der Waals surface area contributed by atoms with Crippen molar-refractivity contribution in [1.82, 2.24) is 10.6 Å². The largest absolute Gasteiger partial charge is 0.348 e. The van der Waals surface area contributed by atoms with E-state index in [0.29, 0.717) is 5.56 Å². The summed E-state index contributed by atoms with van der Waals surface area (Å²) in [7, 11) is 0. The van der Waals surface area contributed by atoms with E-state index in [0.717, 1.165) is 36.0 Å². The van der Waals surface area contributed by atoms with Crippen molar-refractivity contribution in [3.05, 3.63) is 33.8 Å². The number of aryl methyl sites for hydroxylation is 1. The van der Waals surface area contributed by atoms with E-state index in [-0.39, 0.29) is 24.4 Å². The van der Waals surface area contributed by atoms with Crippen molar-refractivity contribution in [2.24, 2.45) is 0 Å². The van der Waals surface area contributed by atoms with E-state index < -0.39 is 0 Å². The van der Waals surface area contributed by atoms with E-state index in [1.165, 1.54) is 0 Å². The van der Waals surface area contributed by atoms with Gasteiger partial charge in [0.05, 0.1) is 0 Å². The van der Waals surface area contributed by atoms with Crippen LogP contribution < -0.4 is 10.6 Å². The van der Waals surface area contributed by atoms with Gasteiger partial charge in [-0.1, -0.05) is 22.0 Å². The maximum Gasteiger partial charge on any atom is 0.251 e. The smallest absolute Gasteiger partial charge is 0.251 e. The van der Waals surface area contributed by atoms with Gasteiger partial charge in [-0.25, -0.2) is 0 Å². The minimum absolute atomic E-state index is 0. The Labute approximate surface area is 122 Å². The first kappa shape index (κ1) is 15.5. The molecule has 2 N–H and O–H groups in total. The quantitative estimate of drug-likeness (QED) is 0.873. The second-order valence-electron chi connectivity index (χ2n) is 4.48. The first-order valence-corrected chi connectivity index (χ1v) is 6.74. The molecule has 0 saturated carbocycles. The molecule has 18 heavy (non-hydrogen) atoms. The zero-order chi connectivity index (χ0) is 12.3. The van der Waals surface area contributed by atoms with Gasteiger partial charge >= 0.3 is 0 Å². The number of piperidine rings is 1. The Balaban J connectivity index is 0.00000162. The zero-order valence-electron chi connectivity index (χ0n) is 10.3. The van der Waals surface area contributed by atoms with Crippen LogP contribution in [0.1, 0.15) is 28.8 Å². The number of benzene rings is 1. The number of amides is 1. The molecule has 0 aliphatic carbocycles. The molecule has 3 nitrogen and oxygen atoms in total. The molecule has 1 aliphatic rings. The third kappa shape index (κ3) is 3.97. The standard InChI is InChI=1S/C13H17BrN2O.ClH/c1-9-4-5-10(7-12(9)14)13(17)16-11-3-2-6-15-8-11;/h4-5,7,11,15H,2-3,6,8H2,1H3,(H,16,17);1H/t11-;/m1./s1. The summed E-state index contributed by atoms with van der Waals surface area (Å²) in [4.78, 5) is 12.0. The topological polar surface area (TPSA) is 41.1 Å². The van der Waals surface area contributed by atoms with Crippen molar-refractivity contribution in [3.63, 3.8) is 0 Å². The molecule has 1 aliphatic heterocycles. The Morgan fingerprint density at radius 3 is 2.89 bits per heavy atom. The predicted molar refractivity (Wildman–Crippen MR) is 79.5 cm³/mol. The molecule has 100 valence electrons. The summed E-state index contributed by atoms with van der Waals surface area (Å²) >= 11 is 3.45. The summed E-state index contributed by atoms with van der Waals surface area (Å²) in [6.07, 6.45) is 2.19. The van der Waals surface area contributed by atoms with Crippen LogP contribution in [0.15, 0.2) is 22.7 Å². The number of carbonyl (C=O) groups excluding carboxylic acids is 1. The Bertz CT molecular complexity index is 419. The lowest BCUT2D eigenvalue weighted by atomic mass is 10.1. The molecule has 1 atom stereocenters. The first-order chi connectivity index (χ1) is 8.16. The van der Waals surface area contributed by atoms with Crippen molar-refractivity contribution in [2.75, 3.05) is 13.1 Å². The molecule has 5 heteroatoms. The van der Waals surface area contributed by atoms with Crippen molar-refractivity contribution >= 4 is 34.2 Å². The fourth-order valence-electron chi connectivity index (χ4n) is 1.98. The third-order valence-corrected chi connectivity index (χ3v) is 3.92. The molecule has 0 aromatic heterocycles. The average molecular weight is 334 g/mol. The van der Waals surface area contributed by atoms with Crippen LogP contribution in [0.5, 0.6) is 0 Å². The molecule has 1 heterocycles. The highest BCUT2D eigenvalue weighted by Gasteiger charge is 2.16. The van der Waals surface area contributed by atoms with Crippen molar-refractivity contribution < 1.29 is 4.79 Å². The number of halogens is 2. The molecular weight excluding hydrogens is 316 g/mol. The van der Waals surface area contributed by atoms with Crippen molar-refractivity contribution in [2.45, 2.75) is 25.8 Å². The molecule has 0 radical (unpaired) electrons. The van der Waals surface area contributed by atoms with E-state index in [9.17, 15) is 4.79 Å². The number of nitrogens with one attached hydrogen (secondary N) is 2. The van der Waals surface area contributed by atoms with Crippen molar-refractivity contribution in [1.29, 1.82) is 0 Å². The van der Waals surface area contributed by atoms with Crippen molar-refractivity contribution in [3.8, 4) is 0 Å². The van der Waals surface area contributed by atoms with Crippen LogP contribution in [0, 0.1) is 6.92 Å². The van der Waals surface area contributed by atoms with E-state index >= 15 is 0 Å². The summed E-state index contributed by atoms with van der Waals surface area (Å²) in [5.41, 5.74) is 1.86. The second kappa shape index (κ2) is 7.12. The Morgan fingerprint density at radius 2 is 2.28 bits per heavy atom. The molecular formula is C13H18BrClN2O. The Kier molecular flexibility index (Phi) is 6.12. The maximum atomic E-state index is 12.0. The number of rotatable bonds is 2. The van der Waals surface area contributed by atoms with Crippen LogP contribution in [0.2, 0.25) is 0 Å². The van der Waals surface area contributed by atoms with Gasteiger partial charge in [0.2, 0.25) is 0 Å². The van der Waals surface area contributed by atoms with Gasteiger partial charge in [0, 0.05) is 22.6 Å². The maximum absolute atomic E-state index is 12.0. The van der Waals surface area contributed by atoms with Crippen LogP contribution in [0.25, 0.3) is 0 Å². The van der Waals surface area contributed by atoms with Crippen LogP contribution in [-0.4, -0.2) is 25.0 Å². The van der Waals surface area contributed by atoms with Crippen LogP contribution >= 0.6 is 28.3 Å². The lowest BCUT2D eigenvalue weighted by molar-refractivity contribution is 0.0930. The summed E-state index contributed by atoms with van der Waals surface area (Å²) < 4.78 is 0.979. The molecule has 0 spiro atoms. The lowest BCUT2D eigenvalue weighted by Gasteiger charge is -2.23. The third-order valence-electron chi connectivity index (χ3n) is 3.07. The van der Waals surface area contributed by atoms with Gasteiger partial charge in [0.1, 0.15) is 0 Å². The fourth-order valence-corrected chi connectivity index (χ4v) is 2.36. The minimum Gasteiger partial charge on any atom is -0.348 e. The average Bonchev–Trinajstić information content (AvgIpc) is 2.34. The second-order valence-corrected chi connectivity index (χ2v) is 5.34. The summed E-state index contributed by atoms with van der Waals surface area (Å²) in [5.74, 6) is 0.0133. The van der Waals surface area contributed by atoms with E-state index in [1.54, 1.807) is 0 Å². The molecule has 0 unspecified atom stereocenters. The normalized spacial score (nSPS) is 18.9.